The molecule has 0 aromatic carbocycles. The van der Waals surface area contributed by atoms with E-state index in [0.29, 0.717) is 6.04 Å². The quantitative estimate of drug-likeness (QED) is 0.401. The fraction of sp³-hybridized carbons (Fsp3) is 0.933. The van der Waals surface area contributed by atoms with Crippen LogP contribution in [0.1, 0.15) is 33.6 Å². The molecular formula is C15H33IN4S. The first-order chi connectivity index (χ1) is 9.43. The molecule has 1 rings (SSSR count). The van der Waals surface area contributed by atoms with Gasteiger partial charge in [-0.2, -0.15) is 11.8 Å². The van der Waals surface area contributed by atoms with Crippen molar-refractivity contribution in [1.29, 1.82) is 0 Å². The minimum absolute atomic E-state index is 0. The number of hydrogen-bond acceptors (Lipinski definition) is 3. The molecule has 0 aliphatic carbocycles. The lowest BCUT2D eigenvalue weighted by Crippen LogP contribution is -2.48. The minimum atomic E-state index is 0. The summed E-state index contributed by atoms with van der Waals surface area (Å²) in [5, 5.41) is 3.50. The Morgan fingerprint density at radius 3 is 2.67 bits per heavy atom. The zero-order chi connectivity index (χ0) is 15.2. The molecule has 4 nitrogen and oxygen atoms in total. The van der Waals surface area contributed by atoms with Gasteiger partial charge in [0, 0.05) is 38.0 Å². The summed E-state index contributed by atoms with van der Waals surface area (Å²) in [4.78, 5) is 9.27. The standard InChI is InChI=1S/C15H32N4S.HI/c1-7-19-10-8-9-13(19)11-18(5)14(16-4)17-12-15(2,3)20-6;/h13H,7-12H2,1-6H3,(H,16,17);1H. The first-order valence-electron chi connectivity index (χ1n) is 7.64. The molecule has 6 heteroatoms. The first-order valence-corrected chi connectivity index (χ1v) is 8.87. The molecule has 1 heterocycles. The Bertz CT molecular complexity index is 323. The Kier molecular flexibility index (Phi) is 10.3. The van der Waals surface area contributed by atoms with Gasteiger partial charge in [0.15, 0.2) is 5.96 Å². The van der Waals surface area contributed by atoms with E-state index in [1.807, 2.05) is 18.8 Å². The predicted octanol–water partition coefficient (Wildman–Crippen LogP) is 2.74. The van der Waals surface area contributed by atoms with Crippen LogP contribution >= 0.6 is 35.7 Å². The van der Waals surface area contributed by atoms with E-state index in [2.05, 4.69) is 54.2 Å². The number of aliphatic imine (C=N–C) groups is 1. The topological polar surface area (TPSA) is 30.9 Å². The van der Waals surface area contributed by atoms with Crippen molar-refractivity contribution in [3.05, 3.63) is 0 Å². The number of halogens is 1. The zero-order valence-electron chi connectivity index (χ0n) is 14.5. The van der Waals surface area contributed by atoms with Crippen molar-refractivity contribution in [1.82, 2.24) is 15.1 Å². The lowest BCUT2D eigenvalue weighted by Gasteiger charge is -2.31. The van der Waals surface area contributed by atoms with E-state index in [9.17, 15) is 0 Å². The summed E-state index contributed by atoms with van der Waals surface area (Å²) in [6, 6.07) is 0.678. The summed E-state index contributed by atoms with van der Waals surface area (Å²) in [5.74, 6) is 1.01. The van der Waals surface area contributed by atoms with Gasteiger partial charge in [0.05, 0.1) is 0 Å². The fourth-order valence-corrected chi connectivity index (χ4v) is 2.89. The monoisotopic (exact) mass is 428 g/mol. The second kappa shape index (κ2) is 10.2. The fourth-order valence-electron chi connectivity index (χ4n) is 2.67. The van der Waals surface area contributed by atoms with Crippen LogP contribution in [0.5, 0.6) is 0 Å². The van der Waals surface area contributed by atoms with Crippen LogP contribution in [0, 0.1) is 0 Å². The van der Waals surface area contributed by atoms with E-state index < -0.39 is 0 Å². The SMILES string of the molecule is CCN1CCCC1CN(C)C(=NC)NCC(C)(C)SC.I. The number of nitrogens with zero attached hydrogens (tertiary/aromatic N) is 3. The van der Waals surface area contributed by atoms with Crippen LogP contribution in [0.2, 0.25) is 0 Å². The number of hydrogen-bond donors (Lipinski definition) is 1. The van der Waals surface area contributed by atoms with Crippen LogP contribution in [-0.4, -0.2) is 73.1 Å². The third kappa shape index (κ3) is 6.95. The number of nitrogens with one attached hydrogen (secondary N) is 1. The zero-order valence-corrected chi connectivity index (χ0v) is 17.6. The van der Waals surface area contributed by atoms with Gasteiger partial charge in [-0.05, 0) is 46.0 Å². The highest BCUT2D eigenvalue weighted by atomic mass is 127. The van der Waals surface area contributed by atoms with Gasteiger partial charge in [0.1, 0.15) is 0 Å². The third-order valence-corrected chi connectivity index (χ3v) is 5.44. The highest BCUT2D eigenvalue weighted by Crippen LogP contribution is 2.20. The van der Waals surface area contributed by atoms with Crippen molar-refractivity contribution >= 4 is 41.7 Å². The molecule has 1 aliphatic heterocycles. The van der Waals surface area contributed by atoms with E-state index in [0.717, 1.165) is 25.6 Å². The number of likely N-dealkylation sites (N-methyl/N-ethyl adjacent to an activating group) is 2. The summed E-state index contributed by atoms with van der Waals surface area (Å²) in [5.41, 5.74) is 0. The molecule has 0 spiro atoms. The lowest BCUT2D eigenvalue weighted by atomic mass is 10.2. The molecule has 0 aromatic rings. The van der Waals surface area contributed by atoms with Crippen LogP contribution in [0.3, 0.4) is 0 Å². The highest BCUT2D eigenvalue weighted by Gasteiger charge is 2.25. The van der Waals surface area contributed by atoms with Gasteiger partial charge >= 0.3 is 0 Å². The van der Waals surface area contributed by atoms with Crippen molar-refractivity contribution in [3.63, 3.8) is 0 Å². The molecule has 1 fully saturated rings. The Hall–Kier alpha value is 0.310. The Labute approximate surface area is 152 Å². The maximum Gasteiger partial charge on any atom is 0.193 e. The van der Waals surface area contributed by atoms with Gasteiger partial charge in [-0.3, -0.25) is 9.89 Å². The molecule has 1 aliphatic rings. The summed E-state index contributed by atoms with van der Waals surface area (Å²) in [6.07, 6.45) is 4.80. The van der Waals surface area contributed by atoms with E-state index in [1.54, 1.807) is 0 Å². The van der Waals surface area contributed by atoms with E-state index in [-0.39, 0.29) is 28.7 Å². The normalized spacial score (nSPS) is 20.3. The molecular weight excluding hydrogens is 395 g/mol. The lowest BCUT2D eigenvalue weighted by molar-refractivity contribution is 0.232. The number of guanidine groups is 1. The molecule has 1 atom stereocenters. The summed E-state index contributed by atoms with van der Waals surface area (Å²) < 4.78 is 0.236. The smallest absolute Gasteiger partial charge is 0.193 e. The minimum Gasteiger partial charge on any atom is -0.355 e. The van der Waals surface area contributed by atoms with Crippen LogP contribution in [0.4, 0.5) is 0 Å². The van der Waals surface area contributed by atoms with Gasteiger partial charge < -0.3 is 10.2 Å². The van der Waals surface area contributed by atoms with Crippen molar-refractivity contribution in [2.45, 2.75) is 44.4 Å². The van der Waals surface area contributed by atoms with Crippen molar-refractivity contribution in [2.24, 2.45) is 4.99 Å². The van der Waals surface area contributed by atoms with Crippen molar-refractivity contribution in [2.75, 3.05) is 46.5 Å². The Balaban J connectivity index is 0.00000400. The largest absolute Gasteiger partial charge is 0.355 e. The predicted molar refractivity (Wildman–Crippen MR) is 107 cm³/mol. The molecule has 0 amide bonds. The van der Waals surface area contributed by atoms with Crippen LogP contribution in [0.25, 0.3) is 0 Å². The van der Waals surface area contributed by atoms with Gasteiger partial charge in [0.2, 0.25) is 0 Å². The van der Waals surface area contributed by atoms with Crippen LogP contribution < -0.4 is 5.32 Å². The molecule has 0 radical (unpaired) electrons. The van der Waals surface area contributed by atoms with Crippen LogP contribution in [0.15, 0.2) is 4.99 Å². The van der Waals surface area contributed by atoms with Gasteiger partial charge in [-0.25, -0.2) is 0 Å². The number of likely N-dealkylation sites (tertiary alicyclic amines) is 1. The summed E-state index contributed by atoms with van der Waals surface area (Å²) in [6.45, 7) is 11.2. The summed E-state index contributed by atoms with van der Waals surface area (Å²) >= 11 is 1.88. The Morgan fingerprint density at radius 2 is 2.14 bits per heavy atom. The second-order valence-corrected chi connectivity index (χ2v) is 7.68. The van der Waals surface area contributed by atoms with Crippen molar-refractivity contribution in [3.8, 4) is 0 Å². The van der Waals surface area contributed by atoms with Crippen LogP contribution in [-0.2, 0) is 0 Å². The molecule has 21 heavy (non-hydrogen) atoms. The maximum absolute atomic E-state index is 4.42. The van der Waals surface area contributed by atoms with Crippen molar-refractivity contribution < 1.29 is 0 Å². The van der Waals surface area contributed by atoms with Gasteiger partial charge in [-0.1, -0.05) is 6.92 Å². The van der Waals surface area contributed by atoms with Gasteiger partial charge in [-0.15, -0.1) is 24.0 Å². The van der Waals surface area contributed by atoms with Gasteiger partial charge in [0.25, 0.3) is 0 Å². The molecule has 0 saturated carbocycles. The molecule has 126 valence electrons. The second-order valence-electron chi connectivity index (χ2n) is 6.17. The summed E-state index contributed by atoms with van der Waals surface area (Å²) in [7, 11) is 4.02. The Morgan fingerprint density at radius 1 is 1.48 bits per heavy atom. The van der Waals surface area contributed by atoms with E-state index in [1.165, 1.54) is 19.4 Å². The first kappa shape index (κ1) is 21.3. The average Bonchev–Trinajstić information content (AvgIpc) is 2.86. The molecule has 1 unspecified atom stereocenters. The maximum atomic E-state index is 4.42. The molecule has 1 N–H and O–H groups in total. The third-order valence-electron chi connectivity index (χ3n) is 4.19. The van der Waals surface area contributed by atoms with E-state index in [4.69, 9.17) is 0 Å². The molecule has 0 bridgehead atoms. The number of thioether (sulfide) groups is 1. The average molecular weight is 428 g/mol. The molecule has 0 aromatic heterocycles. The number of rotatable bonds is 6. The molecule has 1 saturated heterocycles. The highest BCUT2D eigenvalue weighted by molar-refractivity contribution is 14.0. The van der Waals surface area contributed by atoms with E-state index >= 15 is 0 Å².